The standard InChI is InChI=1S/C24H16N2O4S/c27-23-21(31-24(28)26-23)11-19-10-17-12-25-13-20(22(17)30-19)16-7-4-8-18(9-16)29-14-15-5-2-1-3-6-15/h1-13H,14H2,(H,26,27,28)/b21-11+. The molecule has 2 aromatic carbocycles. The molecule has 4 aromatic rings. The maximum absolute atomic E-state index is 11.8. The van der Waals surface area contributed by atoms with Gasteiger partial charge in [0.2, 0.25) is 0 Å². The molecule has 7 heteroatoms. The molecule has 0 radical (unpaired) electrons. The molecular formula is C24H16N2O4S. The van der Waals surface area contributed by atoms with Crippen LogP contribution in [0.25, 0.3) is 28.2 Å². The van der Waals surface area contributed by atoms with Crippen LogP contribution in [-0.2, 0) is 11.4 Å². The van der Waals surface area contributed by atoms with Crippen LogP contribution in [0.1, 0.15) is 11.3 Å². The molecule has 5 rings (SSSR count). The number of hydrogen-bond donors (Lipinski definition) is 1. The lowest BCUT2D eigenvalue weighted by Gasteiger charge is -2.08. The van der Waals surface area contributed by atoms with E-state index in [0.29, 0.717) is 22.9 Å². The van der Waals surface area contributed by atoms with Gasteiger partial charge in [0.15, 0.2) is 0 Å². The van der Waals surface area contributed by atoms with Gasteiger partial charge in [0.1, 0.15) is 23.7 Å². The smallest absolute Gasteiger partial charge is 0.290 e. The molecule has 6 nitrogen and oxygen atoms in total. The van der Waals surface area contributed by atoms with Crippen LogP contribution in [0.15, 0.2) is 82.4 Å². The summed E-state index contributed by atoms with van der Waals surface area (Å²) in [6.07, 6.45) is 5.00. The van der Waals surface area contributed by atoms with E-state index in [1.165, 1.54) is 0 Å². The summed E-state index contributed by atoms with van der Waals surface area (Å²) in [7, 11) is 0. The van der Waals surface area contributed by atoms with Crippen molar-refractivity contribution in [1.29, 1.82) is 0 Å². The van der Waals surface area contributed by atoms with Crippen molar-refractivity contribution in [2.75, 3.05) is 0 Å². The molecule has 0 saturated carbocycles. The number of fused-ring (bicyclic) bond motifs is 1. The number of rotatable bonds is 5. The first-order chi connectivity index (χ1) is 15.2. The van der Waals surface area contributed by atoms with Crippen molar-refractivity contribution >= 4 is 40.0 Å². The molecule has 0 spiro atoms. The highest BCUT2D eigenvalue weighted by Gasteiger charge is 2.25. The molecule has 2 aromatic heterocycles. The van der Waals surface area contributed by atoms with E-state index in [0.717, 1.165) is 39.6 Å². The van der Waals surface area contributed by atoms with E-state index < -0.39 is 5.91 Å². The number of hydrogen-bond acceptors (Lipinski definition) is 6. The van der Waals surface area contributed by atoms with E-state index in [-0.39, 0.29) is 5.24 Å². The number of thioether (sulfide) groups is 1. The highest BCUT2D eigenvalue weighted by molar-refractivity contribution is 8.18. The Morgan fingerprint density at radius 3 is 2.71 bits per heavy atom. The van der Waals surface area contributed by atoms with Gasteiger partial charge in [0.25, 0.3) is 11.1 Å². The van der Waals surface area contributed by atoms with Gasteiger partial charge in [0.05, 0.1) is 4.91 Å². The maximum Gasteiger partial charge on any atom is 0.290 e. The minimum absolute atomic E-state index is 0.301. The molecule has 0 atom stereocenters. The summed E-state index contributed by atoms with van der Waals surface area (Å²) in [5.74, 6) is 0.801. The Morgan fingerprint density at radius 2 is 1.90 bits per heavy atom. The van der Waals surface area contributed by atoms with Crippen LogP contribution < -0.4 is 10.1 Å². The van der Waals surface area contributed by atoms with Gasteiger partial charge in [-0.25, -0.2) is 0 Å². The summed E-state index contributed by atoms with van der Waals surface area (Å²) in [4.78, 5) is 27.8. The minimum Gasteiger partial charge on any atom is -0.489 e. The lowest BCUT2D eigenvalue weighted by atomic mass is 10.1. The van der Waals surface area contributed by atoms with Gasteiger partial charge >= 0.3 is 0 Å². The lowest BCUT2D eigenvalue weighted by molar-refractivity contribution is -0.115. The third-order valence-electron chi connectivity index (χ3n) is 4.75. The fraction of sp³-hybridized carbons (Fsp3) is 0.0417. The Morgan fingerprint density at radius 1 is 1.03 bits per heavy atom. The molecule has 1 fully saturated rings. The van der Waals surface area contributed by atoms with Gasteiger partial charge in [-0.2, -0.15) is 0 Å². The first-order valence-corrected chi connectivity index (χ1v) is 10.4. The molecule has 1 aliphatic rings. The number of nitrogens with zero attached hydrogens (tertiary/aromatic N) is 1. The molecule has 0 aliphatic carbocycles. The molecular weight excluding hydrogens is 412 g/mol. The average Bonchev–Trinajstić information content (AvgIpc) is 3.34. The molecule has 3 heterocycles. The van der Waals surface area contributed by atoms with Gasteiger partial charge in [-0.3, -0.25) is 19.9 Å². The SMILES string of the molecule is O=C1NC(=O)/C(=C\c2cc3cncc(-c4cccc(OCc5ccccc5)c4)c3o2)S1. The number of imide groups is 1. The Bertz CT molecular complexity index is 1330. The molecule has 0 unspecified atom stereocenters. The second kappa shape index (κ2) is 8.12. The van der Waals surface area contributed by atoms with E-state index in [1.54, 1.807) is 24.5 Å². The highest BCUT2D eigenvalue weighted by Crippen LogP contribution is 2.34. The molecule has 1 aliphatic heterocycles. The first-order valence-electron chi connectivity index (χ1n) is 9.55. The van der Waals surface area contributed by atoms with Crippen LogP contribution in [0, 0.1) is 0 Å². The van der Waals surface area contributed by atoms with Gasteiger partial charge in [-0.05, 0) is 41.1 Å². The topological polar surface area (TPSA) is 81.4 Å². The monoisotopic (exact) mass is 428 g/mol. The lowest BCUT2D eigenvalue weighted by Crippen LogP contribution is -2.17. The number of carbonyl (C=O) groups excluding carboxylic acids is 2. The molecule has 1 N–H and O–H groups in total. The van der Waals surface area contributed by atoms with Crippen LogP contribution >= 0.6 is 11.8 Å². The number of pyridine rings is 1. The van der Waals surface area contributed by atoms with Crippen molar-refractivity contribution in [2.24, 2.45) is 0 Å². The first kappa shape index (κ1) is 19.1. The van der Waals surface area contributed by atoms with Gasteiger partial charge in [-0.1, -0.05) is 42.5 Å². The van der Waals surface area contributed by atoms with Gasteiger partial charge in [-0.15, -0.1) is 0 Å². The fourth-order valence-electron chi connectivity index (χ4n) is 3.30. The Hall–Kier alpha value is -3.84. The van der Waals surface area contributed by atoms with Crippen LogP contribution in [0.3, 0.4) is 0 Å². The summed E-state index contributed by atoms with van der Waals surface area (Å²) in [6, 6.07) is 19.5. The zero-order chi connectivity index (χ0) is 21.2. The summed E-state index contributed by atoms with van der Waals surface area (Å²) < 4.78 is 11.9. The number of nitrogens with one attached hydrogen (secondary N) is 1. The summed E-state index contributed by atoms with van der Waals surface area (Å²) in [5, 5.41) is 2.65. The second-order valence-electron chi connectivity index (χ2n) is 6.91. The van der Waals surface area contributed by atoms with E-state index in [9.17, 15) is 9.59 Å². The van der Waals surface area contributed by atoms with E-state index in [4.69, 9.17) is 9.15 Å². The van der Waals surface area contributed by atoms with Crippen LogP contribution in [0.5, 0.6) is 5.75 Å². The molecule has 2 amide bonds. The van der Waals surface area contributed by atoms with Crippen molar-refractivity contribution in [3.05, 3.63) is 89.3 Å². The zero-order valence-corrected chi connectivity index (χ0v) is 17.0. The van der Waals surface area contributed by atoms with Crippen LogP contribution in [-0.4, -0.2) is 16.1 Å². The average molecular weight is 428 g/mol. The van der Waals surface area contributed by atoms with Gasteiger partial charge < -0.3 is 9.15 Å². The predicted molar refractivity (Wildman–Crippen MR) is 119 cm³/mol. The second-order valence-corrected chi connectivity index (χ2v) is 7.92. The number of amides is 2. The van der Waals surface area contributed by atoms with Crippen molar-refractivity contribution in [3.8, 4) is 16.9 Å². The zero-order valence-electron chi connectivity index (χ0n) is 16.2. The largest absolute Gasteiger partial charge is 0.489 e. The molecule has 31 heavy (non-hydrogen) atoms. The van der Waals surface area contributed by atoms with E-state index in [2.05, 4.69) is 10.3 Å². The van der Waals surface area contributed by atoms with E-state index >= 15 is 0 Å². The number of furan rings is 1. The molecule has 0 bridgehead atoms. The number of benzene rings is 2. The third-order valence-corrected chi connectivity index (χ3v) is 5.56. The van der Waals surface area contributed by atoms with Crippen molar-refractivity contribution < 1.29 is 18.7 Å². The number of carbonyl (C=O) groups is 2. The van der Waals surface area contributed by atoms with Crippen molar-refractivity contribution in [2.45, 2.75) is 6.61 Å². The van der Waals surface area contributed by atoms with Crippen molar-refractivity contribution in [3.63, 3.8) is 0 Å². The van der Waals surface area contributed by atoms with Gasteiger partial charge in [0, 0.05) is 29.4 Å². The Balaban J connectivity index is 1.45. The minimum atomic E-state index is -0.419. The number of ether oxygens (including phenoxy) is 1. The normalized spacial score (nSPS) is 14.9. The molecule has 152 valence electrons. The van der Waals surface area contributed by atoms with Crippen LogP contribution in [0.4, 0.5) is 4.79 Å². The summed E-state index contributed by atoms with van der Waals surface area (Å²) in [6.45, 7) is 0.476. The molecule has 1 saturated heterocycles. The number of aromatic nitrogens is 1. The Labute approximate surface area is 181 Å². The summed E-state index contributed by atoms with van der Waals surface area (Å²) in [5.41, 5.74) is 3.46. The summed E-state index contributed by atoms with van der Waals surface area (Å²) >= 11 is 0.854. The maximum atomic E-state index is 11.8. The van der Waals surface area contributed by atoms with Crippen molar-refractivity contribution in [1.82, 2.24) is 10.3 Å². The quantitative estimate of drug-likeness (QED) is 0.429. The van der Waals surface area contributed by atoms with Crippen LogP contribution in [0.2, 0.25) is 0 Å². The predicted octanol–water partition coefficient (Wildman–Crippen LogP) is 5.40. The fourth-order valence-corrected chi connectivity index (χ4v) is 3.97. The Kier molecular flexibility index (Phi) is 5.01. The van der Waals surface area contributed by atoms with E-state index in [1.807, 2.05) is 54.6 Å². The third kappa shape index (κ3) is 4.08. The highest BCUT2D eigenvalue weighted by atomic mass is 32.2.